The topological polar surface area (TPSA) is 21.6 Å². The first-order valence-corrected chi connectivity index (χ1v) is 9.40. The zero-order valence-electron chi connectivity index (χ0n) is 15.3. The van der Waals surface area contributed by atoms with Gasteiger partial charge in [0.25, 0.3) is 0 Å². The van der Waals surface area contributed by atoms with Gasteiger partial charge < -0.3 is 4.74 Å². The van der Waals surface area contributed by atoms with Gasteiger partial charge in [-0.25, -0.2) is 0 Å². The van der Waals surface area contributed by atoms with E-state index in [9.17, 15) is 0 Å². The van der Waals surface area contributed by atoms with E-state index in [2.05, 4.69) is 84.2 Å². The molecule has 0 heterocycles. The number of nitrogens with zero attached hydrogens (tertiary/aromatic N) is 1. The average molecular weight is 408 g/mol. The summed E-state index contributed by atoms with van der Waals surface area (Å²) in [6.45, 7) is 6.80. The predicted molar refractivity (Wildman–Crippen MR) is 113 cm³/mol. The molecule has 0 spiro atoms. The Labute approximate surface area is 163 Å². The standard InChI is InChI=1S/C23H22BrNO/c1-16-4-7-19(8-5-16)15-26-23-11-9-20(13-21(23)24)14-25-22-10-6-17(2)12-18(22)3/h4-14H,15H2,1-3H3. The van der Waals surface area contributed by atoms with E-state index in [4.69, 9.17) is 4.74 Å². The van der Waals surface area contributed by atoms with Crippen molar-refractivity contribution in [1.82, 2.24) is 0 Å². The molecule has 0 radical (unpaired) electrons. The maximum absolute atomic E-state index is 5.92. The fourth-order valence-electron chi connectivity index (χ4n) is 2.65. The summed E-state index contributed by atoms with van der Waals surface area (Å²) in [4.78, 5) is 4.60. The lowest BCUT2D eigenvalue weighted by Crippen LogP contribution is -1.96. The molecule has 132 valence electrons. The van der Waals surface area contributed by atoms with Crippen molar-refractivity contribution in [2.45, 2.75) is 27.4 Å². The molecular weight excluding hydrogens is 386 g/mol. The van der Waals surface area contributed by atoms with Gasteiger partial charge in [0.15, 0.2) is 0 Å². The second-order valence-corrected chi connectivity index (χ2v) is 7.37. The fourth-order valence-corrected chi connectivity index (χ4v) is 3.17. The molecule has 26 heavy (non-hydrogen) atoms. The highest BCUT2D eigenvalue weighted by molar-refractivity contribution is 9.10. The molecule has 0 unspecified atom stereocenters. The highest BCUT2D eigenvalue weighted by Gasteiger charge is 2.03. The molecule has 0 fully saturated rings. The summed E-state index contributed by atoms with van der Waals surface area (Å²) in [5, 5.41) is 0. The van der Waals surface area contributed by atoms with Gasteiger partial charge in [-0.15, -0.1) is 0 Å². The lowest BCUT2D eigenvalue weighted by Gasteiger charge is -2.09. The highest BCUT2D eigenvalue weighted by Crippen LogP contribution is 2.27. The van der Waals surface area contributed by atoms with Crippen LogP contribution < -0.4 is 4.74 Å². The first kappa shape index (κ1) is 18.4. The molecule has 3 aromatic rings. The van der Waals surface area contributed by atoms with Gasteiger partial charge in [0.05, 0.1) is 10.2 Å². The second kappa shape index (κ2) is 8.33. The molecular formula is C23H22BrNO. The minimum absolute atomic E-state index is 0.550. The van der Waals surface area contributed by atoms with Gasteiger partial charge in [0.1, 0.15) is 12.4 Å². The molecule has 0 bridgehead atoms. The summed E-state index contributed by atoms with van der Waals surface area (Å²) >= 11 is 3.60. The van der Waals surface area contributed by atoms with Crippen molar-refractivity contribution in [2.24, 2.45) is 4.99 Å². The second-order valence-electron chi connectivity index (χ2n) is 6.51. The van der Waals surface area contributed by atoms with E-state index in [0.29, 0.717) is 6.61 Å². The Hall–Kier alpha value is -2.39. The third kappa shape index (κ3) is 4.83. The van der Waals surface area contributed by atoms with Crippen LogP contribution in [0.1, 0.15) is 27.8 Å². The van der Waals surface area contributed by atoms with Crippen LogP contribution in [-0.4, -0.2) is 6.21 Å². The van der Waals surface area contributed by atoms with Crippen molar-refractivity contribution in [3.63, 3.8) is 0 Å². The first-order valence-electron chi connectivity index (χ1n) is 8.60. The van der Waals surface area contributed by atoms with Gasteiger partial charge >= 0.3 is 0 Å². The summed E-state index contributed by atoms with van der Waals surface area (Å²) in [5.41, 5.74) is 6.86. The SMILES string of the molecule is Cc1ccc(COc2ccc(C=Nc3ccc(C)cc3C)cc2Br)cc1. The van der Waals surface area contributed by atoms with Crippen LogP contribution in [0.4, 0.5) is 5.69 Å². The Morgan fingerprint density at radius 2 is 1.62 bits per heavy atom. The first-order chi connectivity index (χ1) is 12.5. The van der Waals surface area contributed by atoms with E-state index < -0.39 is 0 Å². The number of rotatable bonds is 5. The van der Waals surface area contributed by atoms with Gasteiger partial charge in [0.2, 0.25) is 0 Å². The Morgan fingerprint density at radius 3 is 2.31 bits per heavy atom. The molecule has 3 heteroatoms. The molecule has 0 aliphatic carbocycles. The number of ether oxygens (including phenoxy) is 1. The van der Waals surface area contributed by atoms with E-state index in [1.807, 2.05) is 24.4 Å². The molecule has 0 atom stereocenters. The number of aryl methyl sites for hydroxylation is 3. The number of hydrogen-bond acceptors (Lipinski definition) is 2. The fraction of sp³-hybridized carbons (Fsp3) is 0.174. The lowest BCUT2D eigenvalue weighted by atomic mass is 10.1. The van der Waals surface area contributed by atoms with Gasteiger partial charge in [-0.05, 0) is 77.7 Å². The Bertz CT molecular complexity index is 929. The van der Waals surface area contributed by atoms with Crippen LogP contribution in [0, 0.1) is 20.8 Å². The lowest BCUT2D eigenvalue weighted by molar-refractivity contribution is 0.304. The molecule has 3 rings (SSSR count). The van der Waals surface area contributed by atoms with E-state index >= 15 is 0 Å². The summed E-state index contributed by atoms with van der Waals surface area (Å²) in [5.74, 6) is 0.828. The van der Waals surface area contributed by atoms with Crippen LogP contribution >= 0.6 is 15.9 Å². The van der Waals surface area contributed by atoms with Crippen LogP contribution in [0.25, 0.3) is 0 Å². The van der Waals surface area contributed by atoms with E-state index in [-0.39, 0.29) is 0 Å². The third-order valence-electron chi connectivity index (χ3n) is 4.18. The van der Waals surface area contributed by atoms with Gasteiger partial charge in [-0.2, -0.15) is 0 Å². The largest absolute Gasteiger partial charge is 0.488 e. The molecule has 0 aromatic heterocycles. The zero-order valence-corrected chi connectivity index (χ0v) is 16.9. The molecule has 0 amide bonds. The van der Waals surface area contributed by atoms with Crippen LogP contribution in [0.3, 0.4) is 0 Å². The molecule has 0 aliphatic rings. The van der Waals surface area contributed by atoms with Crippen LogP contribution in [0.15, 0.2) is 70.1 Å². The average Bonchev–Trinajstić information content (AvgIpc) is 2.61. The quantitative estimate of drug-likeness (QED) is 0.430. The summed E-state index contributed by atoms with van der Waals surface area (Å²) in [7, 11) is 0. The molecule has 2 nitrogen and oxygen atoms in total. The van der Waals surface area contributed by atoms with Crippen molar-refractivity contribution >= 4 is 27.8 Å². The van der Waals surface area contributed by atoms with Crippen molar-refractivity contribution in [3.05, 3.63) is 93.0 Å². The van der Waals surface area contributed by atoms with Crippen molar-refractivity contribution < 1.29 is 4.74 Å². The van der Waals surface area contributed by atoms with Crippen molar-refractivity contribution in [3.8, 4) is 5.75 Å². The minimum atomic E-state index is 0.550. The maximum atomic E-state index is 5.92. The van der Waals surface area contributed by atoms with Gasteiger partial charge in [-0.3, -0.25) is 4.99 Å². The van der Waals surface area contributed by atoms with Crippen molar-refractivity contribution in [1.29, 1.82) is 0 Å². The molecule has 0 N–H and O–H groups in total. The van der Waals surface area contributed by atoms with Crippen molar-refractivity contribution in [2.75, 3.05) is 0 Å². The normalized spacial score (nSPS) is 11.1. The minimum Gasteiger partial charge on any atom is -0.488 e. The molecule has 0 saturated heterocycles. The molecule has 3 aromatic carbocycles. The molecule has 0 aliphatic heterocycles. The number of hydrogen-bond donors (Lipinski definition) is 0. The van der Waals surface area contributed by atoms with E-state index in [1.54, 1.807) is 0 Å². The number of halogens is 1. The monoisotopic (exact) mass is 407 g/mol. The van der Waals surface area contributed by atoms with Crippen LogP contribution in [0.5, 0.6) is 5.75 Å². The summed E-state index contributed by atoms with van der Waals surface area (Å²) < 4.78 is 6.85. The van der Waals surface area contributed by atoms with E-state index in [0.717, 1.165) is 27.0 Å². The summed E-state index contributed by atoms with van der Waals surface area (Å²) in [6.07, 6.45) is 1.88. The zero-order chi connectivity index (χ0) is 18.5. The number of aliphatic imine (C=N–C) groups is 1. The predicted octanol–water partition coefficient (Wildman–Crippen LogP) is 6.70. The maximum Gasteiger partial charge on any atom is 0.134 e. The van der Waals surface area contributed by atoms with E-state index in [1.165, 1.54) is 16.7 Å². The van der Waals surface area contributed by atoms with Crippen LogP contribution in [0.2, 0.25) is 0 Å². The summed E-state index contributed by atoms with van der Waals surface area (Å²) in [6, 6.07) is 20.7. The van der Waals surface area contributed by atoms with Crippen LogP contribution in [-0.2, 0) is 6.61 Å². The Morgan fingerprint density at radius 1 is 0.885 bits per heavy atom. The molecule has 0 saturated carbocycles. The smallest absolute Gasteiger partial charge is 0.134 e. The highest BCUT2D eigenvalue weighted by atomic mass is 79.9. The third-order valence-corrected chi connectivity index (χ3v) is 4.80. The Balaban J connectivity index is 1.68. The van der Waals surface area contributed by atoms with Gasteiger partial charge in [-0.1, -0.05) is 47.5 Å². The van der Waals surface area contributed by atoms with Gasteiger partial charge in [0, 0.05) is 6.21 Å². The number of benzene rings is 3. The Kier molecular flexibility index (Phi) is 5.89.